The van der Waals surface area contributed by atoms with E-state index in [1.165, 1.54) is 6.33 Å². The zero-order valence-electron chi connectivity index (χ0n) is 9.56. The van der Waals surface area contributed by atoms with E-state index in [-0.39, 0.29) is 0 Å². The molecule has 88 valence electrons. The van der Waals surface area contributed by atoms with Crippen molar-refractivity contribution in [3.8, 4) is 16.9 Å². The van der Waals surface area contributed by atoms with Crippen molar-refractivity contribution >= 4 is 5.82 Å². The Balaban J connectivity index is 2.00. The van der Waals surface area contributed by atoms with Gasteiger partial charge in [-0.05, 0) is 5.56 Å². The van der Waals surface area contributed by atoms with Crippen molar-refractivity contribution < 1.29 is 0 Å². The van der Waals surface area contributed by atoms with Gasteiger partial charge in [-0.15, -0.1) is 0 Å². The van der Waals surface area contributed by atoms with Gasteiger partial charge in [-0.1, -0.05) is 30.3 Å². The highest BCUT2D eigenvalue weighted by Gasteiger charge is 2.04. The number of benzene rings is 1. The average Bonchev–Trinajstić information content (AvgIpc) is 2.89. The van der Waals surface area contributed by atoms with E-state index in [4.69, 9.17) is 5.73 Å². The zero-order valence-corrected chi connectivity index (χ0v) is 9.56. The highest BCUT2D eigenvalue weighted by molar-refractivity contribution is 5.61. The van der Waals surface area contributed by atoms with Gasteiger partial charge >= 0.3 is 0 Å². The van der Waals surface area contributed by atoms with E-state index in [0.29, 0.717) is 11.6 Å². The van der Waals surface area contributed by atoms with Gasteiger partial charge in [-0.3, -0.25) is 0 Å². The quantitative estimate of drug-likeness (QED) is 0.739. The van der Waals surface area contributed by atoms with E-state index in [2.05, 4.69) is 15.1 Å². The lowest BCUT2D eigenvalue weighted by atomic mass is 10.1. The first-order chi connectivity index (χ1) is 8.83. The number of nitrogens with zero attached hydrogens (tertiary/aromatic N) is 4. The fraction of sp³-hybridized carbons (Fsp3) is 0. The van der Waals surface area contributed by atoms with Crippen LogP contribution in [0.2, 0.25) is 0 Å². The Kier molecular flexibility index (Phi) is 2.49. The summed E-state index contributed by atoms with van der Waals surface area (Å²) in [7, 11) is 0. The van der Waals surface area contributed by atoms with Crippen LogP contribution in [0.25, 0.3) is 16.9 Å². The second kappa shape index (κ2) is 4.29. The van der Waals surface area contributed by atoms with Crippen LogP contribution >= 0.6 is 0 Å². The molecule has 3 rings (SSSR count). The molecular weight excluding hydrogens is 226 g/mol. The summed E-state index contributed by atoms with van der Waals surface area (Å²) in [6.07, 6.45) is 5.14. The minimum absolute atomic E-state index is 0.428. The molecule has 2 aromatic heterocycles. The second-order valence-corrected chi connectivity index (χ2v) is 3.84. The predicted molar refractivity (Wildman–Crippen MR) is 69.0 cm³/mol. The fourth-order valence-electron chi connectivity index (χ4n) is 1.71. The summed E-state index contributed by atoms with van der Waals surface area (Å²) < 4.78 is 1.68. The molecule has 5 nitrogen and oxygen atoms in total. The number of rotatable bonds is 2. The summed E-state index contributed by atoms with van der Waals surface area (Å²) in [6.45, 7) is 0. The molecule has 0 spiro atoms. The van der Waals surface area contributed by atoms with Crippen molar-refractivity contribution in [3.63, 3.8) is 0 Å². The second-order valence-electron chi connectivity index (χ2n) is 3.84. The number of anilines is 1. The van der Waals surface area contributed by atoms with Crippen LogP contribution in [0.5, 0.6) is 0 Å². The molecule has 0 aliphatic heterocycles. The molecule has 0 atom stereocenters. The molecule has 18 heavy (non-hydrogen) atoms. The first kappa shape index (κ1) is 10.5. The molecule has 2 heterocycles. The van der Waals surface area contributed by atoms with Crippen LogP contribution in [-0.2, 0) is 0 Å². The Bertz CT molecular complexity index is 660. The number of hydrogen-bond donors (Lipinski definition) is 1. The van der Waals surface area contributed by atoms with Crippen molar-refractivity contribution in [2.45, 2.75) is 0 Å². The minimum atomic E-state index is 0.428. The highest BCUT2D eigenvalue weighted by Crippen LogP contribution is 2.19. The topological polar surface area (TPSA) is 69.6 Å². The maximum atomic E-state index is 5.62. The summed E-state index contributed by atoms with van der Waals surface area (Å²) >= 11 is 0. The van der Waals surface area contributed by atoms with Gasteiger partial charge in [-0.2, -0.15) is 5.10 Å². The first-order valence-electron chi connectivity index (χ1n) is 5.51. The monoisotopic (exact) mass is 237 g/mol. The number of aromatic nitrogens is 4. The van der Waals surface area contributed by atoms with Gasteiger partial charge in [0.05, 0.1) is 6.20 Å². The van der Waals surface area contributed by atoms with Crippen molar-refractivity contribution in [1.29, 1.82) is 0 Å². The lowest BCUT2D eigenvalue weighted by molar-refractivity contribution is 0.841. The van der Waals surface area contributed by atoms with Crippen LogP contribution in [0.4, 0.5) is 5.82 Å². The van der Waals surface area contributed by atoms with E-state index >= 15 is 0 Å². The first-order valence-corrected chi connectivity index (χ1v) is 5.51. The molecule has 2 N–H and O–H groups in total. The summed E-state index contributed by atoms with van der Waals surface area (Å²) in [6, 6.07) is 11.7. The van der Waals surface area contributed by atoms with Crippen LogP contribution in [0.1, 0.15) is 0 Å². The van der Waals surface area contributed by atoms with Crippen molar-refractivity contribution in [3.05, 3.63) is 55.1 Å². The highest BCUT2D eigenvalue weighted by atomic mass is 15.3. The van der Waals surface area contributed by atoms with E-state index in [1.54, 1.807) is 16.9 Å². The fourth-order valence-corrected chi connectivity index (χ4v) is 1.71. The van der Waals surface area contributed by atoms with Crippen LogP contribution in [0, 0.1) is 0 Å². The largest absolute Gasteiger partial charge is 0.384 e. The summed E-state index contributed by atoms with van der Waals surface area (Å²) in [5.41, 5.74) is 7.77. The molecule has 0 amide bonds. The van der Waals surface area contributed by atoms with E-state index in [1.807, 2.05) is 36.5 Å². The van der Waals surface area contributed by atoms with Gasteiger partial charge < -0.3 is 5.73 Å². The van der Waals surface area contributed by atoms with E-state index < -0.39 is 0 Å². The molecule has 5 heteroatoms. The maximum Gasteiger partial charge on any atom is 0.158 e. The Morgan fingerprint density at radius 3 is 2.61 bits per heavy atom. The maximum absolute atomic E-state index is 5.62. The third-order valence-corrected chi connectivity index (χ3v) is 2.60. The number of nitrogens with two attached hydrogens (primary N) is 1. The Labute approximate surface area is 104 Å². The molecule has 3 aromatic rings. The van der Waals surface area contributed by atoms with Crippen LogP contribution < -0.4 is 5.73 Å². The Morgan fingerprint density at radius 1 is 1.00 bits per heavy atom. The zero-order chi connectivity index (χ0) is 12.4. The SMILES string of the molecule is Nc1cc(-n2cc(-c3ccccc3)cn2)ncn1. The Morgan fingerprint density at radius 2 is 1.83 bits per heavy atom. The number of nitrogen functional groups attached to an aromatic ring is 1. The van der Waals surface area contributed by atoms with Gasteiger partial charge in [0, 0.05) is 17.8 Å². The van der Waals surface area contributed by atoms with Gasteiger partial charge in [0.25, 0.3) is 0 Å². The minimum Gasteiger partial charge on any atom is -0.384 e. The normalized spacial score (nSPS) is 10.4. The summed E-state index contributed by atoms with van der Waals surface area (Å²) in [5.74, 6) is 1.08. The molecule has 0 radical (unpaired) electrons. The standard InChI is InChI=1S/C13H11N5/c14-12-6-13(16-9-15-12)18-8-11(7-17-18)10-4-2-1-3-5-10/h1-9H,(H2,14,15,16). The van der Waals surface area contributed by atoms with Gasteiger partial charge in [0.15, 0.2) is 5.82 Å². The Hall–Kier alpha value is -2.69. The van der Waals surface area contributed by atoms with E-state index in [0.717, 1.165) is 11.1 Å². The molecule has 0 fully saturated rings. The molecular formula is C13H11N5. The van der Waals surface area contributed by atoms with Crippen LogP contribution in [0.15, 0.2) is 55.1 Å². The third kappa shape index (κ3) is 1.93. The van der Waals surface area contributed by atoms with E-state index in [9.17, 15) is 0 Å². The van der Waals surface area contributed by atoms with Crippen LogP contribution in [-0.4, -0.2) is 19.7 Å². The average molecular weight is 237 g/mol. The predicted octanol–water partition coefficient (Wildman–Crippen LogP) is 1.91. The molecule has 0 saturated heterocycles. The molecule has 0 unspecified atom stereocenters. The smallest absolute Gasteiger partial charge is 0.158 e. The van der Waals surface area contributed by atoms with Gasteiger partial charge in [-0.25, -0.2) is 14.6 Å². The molecule has 0 bridgehead atoms. The van der Waals surface area contributed by atoms with Crippen molar-refractivity contribution in [2.75, 3.05) is 5.73 Å². The molecule has 0 saturated carbocycles. The lowest BCUT2D eigenvalue weighted by Gasteiger charge is -1.99. The van der Waals surface area contributed by atoms with Gasteiger partial charge in [0.1, 0.15) is 12.1 Å². The van der Waals surface area contributed by atoms with Crippen molar-refractivity contribution in [1.82, 2.24) is 19.7 Å². The summed E-state index contributed by atoms with van der Waals surface area (Å²) in [5, 5.41) is 4.27. The lowest BCUT2D eigenvalue weighted by Crippen LogP contribution is -2.00. The molecule has 0 aliphatic carbocycles. The number of hydrogen-bond acceptors (Lipinski definition) is 4. The summed E-state index contributed by atoms with van der Waals surface area (Å²) in [4.78, 5) is 7.98. The van der Waals surface area contributed by atoms with Crippen molar-refractivity contribution in [2.24, 2.45) is 0 Å². The third-order valence-electron chi connectivity index (χ3n) is 2.60. The van der Waals surface area contributed by atoms with Gasteiger partial charge in [0.2, 0.25) is 0 Å². The molecule has 0 aliphatic rings. The van der Waals surface area contributed by atoms with Crippen LogP contribution in [0.3, 0.4) is 0 Å². The molecule has 1 aromatic carbocycles.